The first-order valence-electron chi connectivity index (χ1n) is 7.57. The maximum atomic E-state index is 12.1. The lowest BCUT2D eigenvalue weighted by atomic mass is 9.92. The number of rotatable bonds is 7. The Morgan fingerprint density at radius 1 is 1.04 bits per heavy atom. The van der Waals surface area contributed by atoms with Gasteiger partial charge in [0.25, 0.3) is 5.69 Å². The van der Waals surface area contributed by atoms with Crippen molar-refractivity contribution < 1.29 is 14.5 Å². The molecular weight excluding hydrogens is 340 g/mol. The molecule has 0 aliphatic rings. The van der Waals surface area contributed by atoms with Crippen LogP contribution < -0.4 is 5.73 Å². The summed E-state index contributed by atoms with van der Waals surface area (Å²) in [5.41, 5.74) is 7.14. The van der Waals surface area contributed by atoms with Crippen LogP contribution in [0.1, 0.15) is 24.7 Å². The molecule has 0 fully saturated rings. The maximum Gasteiger partial charge on any atom is 0.269 e. The number of ketones is 2. The fourth-order valence-electron chi connectivity index (χ4n) is 2.55. The van der Waals surface area contributed by atoms with Gasteiger partial charge in [-0.25, -0.2) is 0 Å². The highest BCUT2D eigenvalue weighted by atomic mass is 32.2. The molecule has 1 atom stereocenters. The van der Waals surface area contributed by atoms with Gasteiger partial charge in [-0.1, -0.05) is 24.3 Å². The average molecular weight is 358 g/mol. The van der Waals surface area contributed by atoms with Crippen molar-refractivity contribution in [2.24, 2.45) is 5.92 Å². The van der Waals surface area contributed by atoms with Crippen LogP contribution in [-0.4, -0.2) is 16.5 Å². The molecular formula is C18H18N2O4S. The third-order valence-corrected chi connectivity index (χ3v) is 5.21. The van der Waals surface area contributed by atoms with E-state index in [0.29, 0.717) is 11.3 Å². The van der Waals surface area contributed by atoms with Crippen LogP contribution in [0, 0.1) is 16.0 Å². The fourth-order valence-corrected chi connectivity index (χ4v) is 4.00. The lowest BCUT2D eigenvalue weighted by Gasteiger charge is -2.24. The van der Waals surface area contributed by atoms with Crippen LogP contribution in [0.4, 0.5) is 11.4 Å². The van der Waals surface area contributed by atoms with E-state index in [4.69, 9.17) is 5.73 Å². The molecule has 25 heavy (non-hydrogen) atoms. The number of nitro benzene ring substituents is 1. The minimum absolute atomic E-state index is 0.0473. The van der Waals surface area contributed by atoms with E-state index in [1.807, 2.05) is 12.1 Å². The molecule has 0 amide bonds. The first kappa shape index (κ1) is 18.7. The van der Waals surface area contributed by atoms with Crippen molar-refractivity contribution in [3.63, 3.8) is 0 Å². The van der Waals surface area contributed by atoms with Crippen LogP contribution in [-0.2, 0) is 9.59 Å². The van der Waals surface area contributed by atoms with Gasteiger partial charge in [-0.2, -0.15) is 0 Å². The van der Waals surface area contributed by atoms with Gasteiger partial charge in [-0.05, 0) is 31.5 Å². The fraction of sp³-hybridized carbons (Fsp3) is 0.222. The second-order valence-corrected chi connectivity index (χ2v) is 6.81. The summed E-state index contributed by atoms with van der Waals surface area (Å²) >= 11 is 1.31. The lowest BCUT2D eigenvalue weighted by molar-refractivity contribution is -0.384. The Morgan fingerprint density at radius 2 is 1.60 bits per heavy atom. The number of anilines is 1. The van der Waals surface area contributed by atoms with E-state index < -0.39 is 16.1 Å². The molecule has 1 unspecified atom stereocenters. The zero-order valence-electron chi connectivity index (χ0n) is 13.8. The molecule has 0 saturated heterocycles. The van der Waals surface area contributed by atoms with Crippen LogP contribution in [0.3, 0.4) is 0 Å². The summed E-state index contributed by atoms with van der Waals surface area (Å²) in [4.78, 5) is 35.3. The summed E-state index contributed by atoms with van der Waals surface area (Å²) in [5.74, 6) is -1.36. The number of carbonyl (C=O) groups is 2. The molecule has 2 aromatic rings. The van der Waals surface area contributed by atoms with Crippen LogP contribution >= 0.6 is 11.8 Å². The van der Waals surface area contributed by atoms with Crippen molar-refractivity contribution in [3.05, 3.63) is 64.2 Å². The quantitative estimate of drug-likeness (QED) is 0.265. The molecule has 0 radical (unpaired) electrons. The number of hydrogen-bond donors (Lipinski definition) is 1. The maximum absolute atomic E-state index is 12.1. The number of thioether (sulfide) groups is 1. The van der Waals surface area contributed by atoms with E-state index in [0.717, 1.165) is 4.90 Å². The molecule has 0 spiro atoms. The summed E-state index contributed by atoms with van der Waals surface area (Å²) in [6, 6.07) is 13.1. The summed E-state index contributed by atoms with van der Waals surface area (Å²) in [6.07, 6.45) is 0. The monoisotopic (exact) mass is 358 g/mol. The molecule has 6 nitrogen and oxygen atoms in total. The second kappa shape index (κ2) is 7.94. The van der Waals surface area contributed by atoms with E-state index >= 15 is 0 Å². The number of nitrogen functional groups attached to an aromatic ring is 1. The molecule has 0 aliphatic heterocycles. The van der Waals surface area contributed by atoms with Gasteiger partial charge in [0.1, 0.15) is 11.6 Å². The Hall–Kier alpha value is -2.67. The first-order valence-corrected chi connectivity index (χ1v) is 8.45. The molecule has 2 aromatic carbocycles. The van der Waals surface area contributed by atoms with Crippen molar-refractivity contribution in [2.45, 2.75) is 24.0 Å². The predicted molar refractivity (Wildman–Crippen MR) is 97.4 cm³/mol. The Morgan fingerprint density at radius 3 is 2.08 bits per heavy atom. The molecule has 130 valence electrons. The zero-order chi connectivity index (χ0) is 18.6. The summed E-state index contributed by atoms with van der Waals surface area (Å²) in [5, 5.41) is 10.3. The van der Waals surface area contributed by atoms with Gasteiger partial charge in [0.05, 0.1) is 16.1 Å². The number of nitro groups is 1. The first-order chi connectivity index (χ1) is 11.8. The van der Waals surface area contributed by atoms with Gasteiger partial charge in [-0.3, -0.25) is 19.7 Å². The van der Waals surface area contributed by atoms with Gasteiger partial charge in [-0.15, -0.1) is 11.8 Å². The van der Waals surface area contributed by atoms with Crippen molar-refractivity contribution >= 4 is 34.7 Å². The molecule has 7 heteroatoms. The summed E-state index contributed by atoms with van der Waals surface area (Å²) in [7, 11) is 0. The Bertz CT molecular complexity index is 791. The van der Waals surface area contributed by atoms with E-state index in [1.165, 1.54) is 37.7 Å². The van der Waals surface area contributed by atoms with Gasteiger partial charge in [0, 0.05) is 22.7 Å². The minimum atomic E-state index is -0.855. The van der Waals surface area contributed by atoms with Gasteiger partial charge >= 0.3 is 0 Å². The second-order valence-electron chi connectivity index (χ2n) is 5.62. The van der Waals surface area contributed by atoms with Gasteiger partial charge in [0.15, 0.2) is 0 Å². The Labute approximate surface area is 149 Å². The number of hydrogen-bond acceptors (Lipinski definition) is 6. The number of Topliss-reactive ketones (excluding diaryl/α,β-unsaturated/α-hetero) is 2. The highest BCUT2D eigenvalue weighted by molar-refractivity contribution is 7.99. The number of para-hydroxylation sites is 1. The van der Waals surface area contributed by atoms with Crippen LogP contribution in [0.2, 0.25) is 0 Å². The molecule has 0 saturated carbocycles. The lowest BCUT2D eigenvalue weighted by Crippen LogP contribution is -2.25. The number of nitrogens with two attached hydrogens (primary N) is 1. The van der Waals surface area contributed by atoms with E-state index in [2.05, 4.69) is 0 Å². The van der Waals surface area contributed by atoms with Crippen LogP contribution in [0.15, 0.2) is 53.4 Å². The van der Waals surface area contributed by atoms with E-state index in [1.54, 1.807) is 24.3 Å². The minimum Gasteiger partial charge on any atom is -0.398 e. The van der Waals surface area contributed by atoms with Crippen LogP contribution in [0.5, 0.6) is 0 Å². The largest absolute Gasteiger partial charge is 0.398 e. The van der Waals surface area contributed by atoms with Crippen molar-refractivity contribution in [1.29, 1.82) is 0 Å². The third kappa shape index (κ3) is 4.45. The van der Waals surface area contributed by atoms with Gasteiger partial charge in [0.2, 0.25) is 0 Å². The van der Waals surface area contributed by atoms with E-state index in [-0.39, 0.29) is 17.3 Å². The molecule has 0 heterocycles. The predicted octanol–water partition coefficient (Wildman–Crippen LogP) is 3.80. The highest BCUT2D eigenvalue weighted by Crippen LogP contribution is 2.43. The number of non-ortho nitro benzene ring substituents is 1. The smallest absolute Gasteiger partial charge is 0.269 e. The highest BCUT2D eigenvalue weighted by Gasteiger charge is 2.32. The summed E-state index contributed by atoms with van der Waals surface area (Å²) in [6.45, 7) is 2.75. The molecule has 2 rings (SSSR count). The van der Waals surface area contributed by atoms with Crippen molar-refractivity contribution in [1.82, 2.24) is 0 Å². The van der Waals surface area contributed by atoms with Crippen molar-refractivity contribution in [2.75, 3.05) is 5.73 Å². The topological polar surface area (TPSA) is 103 Å². The van der Waals surface area contributed by atoms with Gasteiger partial charge < -0.3 is 5.73 Å². The third-order valence-electron chi connectivity index (χ3n) is 3.78. The average Bonchev–Trinajstić information content (AvgIpc) is 2.55. The standard InChI is InChI=1S/C18H18N2O4S/c1-11(21)17(12(2)22)18(25-16-6-4-3-5-15(16)19)13-7-9-14(10-8-13)20(23)24/h3-10,17-18H,19H2,1-2H3. The zero-order valence-corrected chi connectivity index (χ0v) is 14.7. The number of carbonyl (C=O) groups excluding carboxylic acids is 2. The van der Waals surface area contributed by atoms with Crippen LogP contribution in [0.25, 0.3) is 0 Å². The molecule has 0 aromatic heterocycles. The molecule has 0 aliphatic carbocycles. The summed E-state index contributed by atoms with van der Waals surface area (Å²) < 4.78 is 0. The molecule has 0 bridgehead atoms. The Kier molecular flexibility index (Phi) is 5.93. The molecule has 2 N–H and O–H groups in total. The van der Waals surface area contributed by atoms with Crippen molar-refractivity contribution in [3.8, 4) is 0 Å². The Balaban J connectivity index is 2.47. The number of nitrogens with zero attached hydrogens (tertiary/aromatic N) is 1. The SMILES string of the molecule is CC(=O)C(C(C)=O)C(Sc1ccccc1N)c1ccc([N+](=O)[O-])cc1. The normalized spacial score (nSPS) is 12.0. The van der Waals surface area contributed by atoms with E-state index in [9.17, 15) is 19.7 Å². The number of benzene rings is 2.